The third kappa shape index (κ3) is 2.81. The molecule has 0 aliphatic rings. The fraction of sp³-hybridized carbons (Fsp3) is 0.0625. The summed E-state index contributed by atoms with van der Waals surface area (Å²) in [5, 5.41) is 6.81. The molecule has 0 aliphatic heterocycles. The highest BCUT2D eigenvalue weighted by molar-refractivity contribution is 6.04. The fourth-order valence-electron chi connectivity index (χ4n) is 2.06. The van der Waals surface area contributed by atoms with Crippen molar-refractivity contribution in [3.63, 3.8) is 0 Å². The first kappa shape index (κ1) is 13.1. The van der Waals surface area contributed by atoms with Crippen LogP contribution in [-0.2, 0) is 0 Å². The average molecular weight is 278 g/mol. The van der Waals surface area contributed by atoms with Gasteiger partial charge in [-0.1, -0.05) is 6.07 Å². The minimum atomic E-state index is -0.240. The van der Waals surface area contributed by atoms with Crippen LogP contribution in [0.4, 0.5) is 11.4 Å². The molecule has 0 spiro atoms. The lowest BCUT2D eigenvalue weighted by Crippen LogP contribution is -2.13. The van der Waals surface area contributed by atoms with Gasteiger partial charge in [0.25, 0.3) is 5.91 Å². The number of hydrogen-bond acceptors (Lipinski definition) is 4. The third-order valence-electron chi connectivity index (χ3n) is 3.14. The van der Waals surface area contributed by atoms with Crippen molar-refractivity contribution in [3.8, 4) is 0 Å². The van der Waals surface area contributed by atoms with Crippen molar-refractivity contribution in [2.75, 3.05) is 17.7 Å². The lowest BCUT2D eigenvalue weighted by atomic mass is 10.2. The lowest BCUT2D eigenvalue weighted by Gasteiger charge is -2.07. The van der Waals surface area contributed by atoms with Gasteiger partial charge in [-0.3, -0.25) is 14.8 Å². The van der Waals surface area contributed by atoms with Crippen LogP contribution in [0, 0.1) is 0 Å². The normalized spacial score (nSPS) is 10.3. The predicted molar refractivity (Wildman–Crippen MR) is 83.5 cm³/mol. The Hall–Kier alpha value is -2.95. The molecule has 2 aromatic heterocycles. The van der Waals surface area contributed by atoms with Crippen LogP contribution in [-0.4, -0.2) is 22.9 Å². The smallest absolute Gasteiger partial charge is 0.274 e. The number of rotatable bonds is 3. The monoisotopic (exact) mass is 278 g/mol. The fourth-order valence-corrected chi connectivity index (χ4v) is 2.06. The van der Waals surface area contributed by atoms with Gasteiger partial charge in [0.2, 0.25) is 0 Å². The first-order valence-corrected chi connectivity index (χ1v) is 6.56. The largest absolute Gasteiger partial charge is 0.388 e. The maximum absolute atomic E-state index is 12.2. The number of carbonyl (C=O) groups is 1. The van der Waals surface area contributed by atoms with E-state index in [1.807, 2.05) is 30.3 Å². The zero-order valence-corrected chi connectivity index (χ0v) is 11.5. The first-order valence-electron chi connectivity index (χ1n) is 6.56. The molecule has 1 aromatic carbocycles. The summed E-state index contributed by atoms with van der Waals surface area (Å²) in [5.74, 6) is -0.240. The Bertz CT molecular complexity index is 801. The van der Waals surface area contributed by atoms with Gasteiger partial charge in [-0.25, -0.2) is 0 Å². The Kier molecular flexibility index (Phi) is 3.47. The highest BCUT2D eigenvalue weighted by Crippen LogP contribution is 2.18. The van der Waals surface area contributed by atoms with Crippen LogP contribution in [0.1, 0.15) is 10.5 Å². The number of pyridine rings is 2. The SMILES string of the molecule is CNc1ccnc(C(=O)Nc2ccc3ncccc3c2)c1. The second-order valence-corrected chi connectivity index (χ2v) is 4.54. The Balaban J connectivity index is 1.85. The van der Waals surface area contributed by atoms with Crippen molar-refractivity contribution in [3.05, 3.63) is 60.6 Å². The summed E-state index contributed by atoms with van der Waals surface area (Å²) in [4.78, 5) is 20.5. The van der Waals surface area contributed by atoms with Crippen LogP contribution in [0.3, 0.4) is 0 Å². The molecular formula is C16H14N4O. The molecule has 21 heavy (non-hydrogen) atoms. The number of benzene rings is 1. The van der Waals surface area contributed by atoms with Crippen molar-refractivity contribution in [2.45, 2.75) is 0 Å². The Morgan fingerprint density at radius 2 is 1.90 bits per heavy atom. The van der Waals surface area contributed by atoms with E-state index in [1.54, 1.807) is 31.6 Å². The molecule has 5 nitrogen and oxygen atoms in total. The van der Waals surface area contributed by atoms with Crippen LogP contribution >= 0.6 is 0 Å². The molecule has 0 bridgehead atoms. The third-order valence-corrected chi connectivity index (χ3v) is 3.14. The van der Waals surface area contributed by atoms with E-state index in [0.29, 0.717) is 5.69 Å². The van der Waals surface area contributed by atoms with Gasteiger partial charge in [0.1, 0.15) is 5.69 Å². The number of hydrogen-bond donors (Lipinski definition) is 2. The van der Waals surface area contributed by atoms with Gasteiger partial charge in [-0.05, 0) is 36.4 Å². The van der Waals surface area contributed by atoms with Crippen LogP contribution in [0.15, 0.2) is 54.9 Å². The van der Waals surface area contributed by atoms with E-state index in [9.17, 15) is 4.79 Å². The van der Waals surface area contributed by atoms with Crippen molar-refractivity contribution in [1.29, 1.82) is 0 Å². The van der Waals surface area contributed by atoms with Gasteiger partial charge in [0.05, 0.1) is 5.52 Å². The standard InChI is InChI=1S/C16H14N4O/c1-17-12-6-8-19-15(10-12)16(21)20-13-4-5-14-11(9-13)3-2-7-18-14/h2-10H,1H3,(H,17,19)(H,20,21). The molecular weight excluding hydrogens is 264 g/mol. The summed E-state index contributed by atoms with van der Waals surface area (Å²) in [6.07, 6.45) is 3.35. The van der Waals surface area contributed by atoms with Crippen LogP contribution in [0.25, 0.3) is 10.9 Å². The quantitative estimate of drug-likeness (QED) is 0.773. The van der Waals surface area contributed by atoms with Gasteiger partial charge in [-0.15, -0.1) is 0 Å². The Morgan fingerprint density at radius 3 is 2.76 bits per heavy atom. The van der Waals surface area contributed by atoms with Crippen LogP contribution in [0.2, 0.25) is 0 Å². The van der Waals surface area contributed by atoms with Crippen LogP contribution < -0.4 is 10.6 Å². The molecule has 0 atom stereocenters. The number of aromatic nitrogens is 2. The van der Waals surface area contributed by atoms with E-state index in [4.69, 9.17) is 0 Å². The second-order valence-electron chi connectivity index (χ2n) is 4.54. The Labute approximate surface area is 122 Å². The van der Waals surface area contributed by atoms with E-state index in [0.717, 1.165) is 22.3 Å². The summed E-state index contributed by atoms with van der Waals surface area (Å²) in [6.45, 7) is 0. The van der Waals surface area contributed by atoms with E-state index < -0.39 is 0 Å². The molecule has 0 unspecified atom stereocenters. The summed E-state index contributed by atoms with van der Waals surface area (Å²) < 4.78 is 0. The molecule has 0 fully saturated rings. The maximum Gasteiger partial charge on any atom is 0.274 e. The Morgan fingerprint density at radius 1 is 1.00 bits per heavy atom. The minimum Gasteiger partial charge on any atom is -0.388 e. The topological polar surface area (TPSA) is 66.9 Å². The zero-order chi connectivity index (χ0) is 14.7. The number of fused-ring (bicyclic) bond motifs is 1. The number of nitrogens with one attached hydrogen (secondary N) is 2. The van der Waals surface area contributed by atoms with Crippen molar-refractivity contribution in [1.82, 2.24) is 9.97 Å². The van der Waals surface area contributed by atoms with Gasteiger partial charge in [0, 0.05) is 36.2 Å². The van der Waals surface area contributed by atoms with Gasteiger partial charge in [-0.2, -0.15) is 0 Å². The van der Waals surface area contributed by atoms with Crippen molar-refractivity contribution >= 4 is 28.2 Å². The summed E-state index contributed by atoms with van der Waals surface area (Å²) in [7, 11) is 1.80. The molecule has 5 heteroatoms. The molecule has 0 aliphatic carbocycles. The molecule has 0 radical (unpaired) electrons. The minimum absolute atomic E-state index is 0.240. The molecule has 0 saturated heterocycles. The highest BCUT2D eigenvalue weighted by Gasteiger charge is 2.08. The van der Waals surface area contributed by atoms with Gasteiger partial charge < -0.3 is 10.6 Å². The number of amides is 1. The van der Waals surface area contributed by atoms with Gasteiger partial charge in [0.15, 0.2) is 0 Å². The summed E-state index contributed by atoms with van der Waals surface area (Å²) in [5.41, 5.74) is 2.83. The van der Waals surface area contributed by atoms with E-state index in [1.165, 1.54) is 0 Å². The average Bonchev–Trinajstić information content (AvgIpc) is 2.54. The van der Waals surface area contributed by atoms with Crippen molar-refractivity contribution in [2.24, 2.45) is 0 Å². The number of carbonyl (C=O) groups excluding carboxylic acids is 1. The molecule has 1 amide bonds. The van der Waals surface area contributed by atoms with Gasteiger partial charge >= 0.3 is 0 Å². The summed E-state index contributed by atoms with van der Waals surface area (Å²) >= 11 is 0. The maximum atomic E-state index is 12.2. The number of nitrogens with zero attached hydrogens (tertiary/aromatic N) is 2. The molecule has 2 heterocycles. The molecule has 3 rings (SSSR count). The highest BCUT2D eigenvalue weighted by atomic mass is 16.1. The van der Waals surface area contributed by atoms with Crippen LogP contribution in [0.5, 0.6) is 0 Å². The lowest BCUT2D eigenvalue weighted by molar-refractivity contribution is 0.102. The molecule has 2 N–H and O–H groups in total. The number of anilines is 2. The molecule has 104 valence electrons. The van der Waals surface area contributed by atoms with Crippen molar-refractivity contribution < 1.29 is 4.79 Å². The zero-order valence-electron chi connectivity index (χ0n) is 11.5. The van der Waals surface area contributed by atoms with E-state index in [2.05, 4.69) is 20.6 Å². The van der Waals surface area contributed by atoms with E-state index in [-0.39, 0.29) is 5.91 Å². The second kappa shape index (κ2) is 5.58. The van der Waals surface area contributed by atoms with E-state index >= 15 is 0 Å². The molecule has 0 saturated carbocycles. The molecule has 3 aromatic rings. The summed E-state index contributed by atoms with van der Waals surface area (Å²) in [6, 6.07) is 12.9. The predicted octanol–water partition coefficient (Wildman–Crippen LogP) is 2.92. The first-order chi connectivity index (χ1) is 10.3.